The van der Waals surface area contributed by atoms with Crippen molar-refractivity contribution in [2.45, 2.75) is 68.9 Å². The summed E-state index contributed by atoms with van der Waals surface area (Å²) in [6.07, 6.45) is 12.5. The van der Waals surface area contributed by atoms with Crippen molar-refractivity contribution in [1.82, 2.24) is 9.97 Å². The quantitative estimate of drug-likeness (QED) is 0.524. The molecule has 1 heterocycles. The van der Waals surface area contributed by atoms with Crippen molar-refractivity contribution >= 4 is 5.95 Å². The van der Waals surface area contributed by atoms with Crippen molar-refractivity contribution in [3.05, 3.63) is 66.0 Å². The SMILES string of the molecule is COc1ccc([C@]2(c3ccc(-c4cnc(N)nc4)cc3)CC[C@@H](N)CC2)cc1OC1CCCC1. The maximum absolute atomic E-state index is 6.44. The topological polar surface area (TPSA) is 96.3 Å². The fourth-order valence-corrected chi connectivity index (χ4v) is 5.60. The first kappa shape index (κ1) is 22.7. The van der Waals surface area contributed by atoms with E-state index in [1.807, 2.05) is 0 Å². The number of aromatic nitrogens is 2. The molecule has 6 heteroatoms. The van der Waals surface area contributed by atoms with Gasteiger partial charge < -0.3 is 20.9 Å². The zero-order valence-corrected chi connectivity index (χ0v) is 19.9. The summed E-state index contributed by atoms with van der Waals surface area (Å²) in [5, 5.41) is 0. The van der Waals surface area contributed by atoms with E-state index < -0.39 is 0 Å². The predicted molar refractivity (Wildman–Crippen MR) is 135 cm³/mol. The number of ether oxygens (including phenoxy) is 2. The Morgan fingerprint density at radius 1 is 0.824 bits per heavy atom. The number of nitrogens with two attached hydrogens (primary N) is 2. The molecule has 0 bridgehead atoms. The molecular weight excluding hydrogens is 424 g/mol. The highest BCUT2D eigenvalue weighted by Gasteiger charge is 2.38. The lowest BCUT2D eigenvalue weighted by Crippen LogP contribution is -2.38. The van der Waals surface area contributed by atoms with Gasteiger partial charge in [0.15, 0.2) is 11.5 Å². The zero-order chi connectivity index (χ0) is 23.5. The van der Waals surface area contributed by atoms with Gasteiger partial charge in [-0.3, -0.25) is 0 Å². The average molecular weight is 459 g/mol. The van der Waals surface area contributed by atoms with Crippen molar-refractivity contribution < 1.29 is 9.47 Å². The molecule has 2 aliphatic carbocycles. The van der Waals surface area contributed by atoms with Crippen LogP contribution in [0.5, 0.6) is 11.5 Å². The summed E-state index contributed by atoms with van der Waals surface area (Å²) in [5.74, 6) is 1.95. The lowest BCUT2D eigenvalue weighted by molar-refractivity contribution is 0.200. The van der Waals surface area contributed by atoms with Gasteiger partial charge in [-0.2, -0.15) is 0 Å². The van der Waals surface area contributed by atoms with E-state index in [4.69, 9.17) is 20.9 Å². The fourth-order valence-electron chi connectivity index (χ4n) is 5.60. The molecule has 1 aromatic heterocycles. The van der Waals surface area contributed by atoms with Crippen LogP contribution in [0.1, 0.15) is 62.5 Å². The molecule has 2 saturated carbocycles. The van der Waals surface area contributed by atoms with Gasteiger partial charge >= 0.3 is 0 Å². The largest absolute Gasteiger partial charge is 0.493 e. The average Bonchev–Trinajstić information content (AvgIpc) is 3.38. The molecule has 0 atom stereocenters. The minimum Gasteiger partial charge on any atom is -0.493 e. The molecule has 0 aliphatic heterocycles. The summed E-state index contributed by atoms with van der Waals surface area (Å²) < 4.78 is 12.1. The number of methoxy groups -OCH3 is 1. The maximum atomic E-state index is 6.44. The van der Waals surface area contributed by atoms with Gasteiger partial charge in [-0.15, -0.1) is 0 Å². The second-order valence-electron chi connectivity index (χ2n) is 9.72. The summed E-state index contributed by atoms with van der Waals surface area (Å²) in [4.78, 5) is 8.26. The summed E-state index contributed by atoms with van der Waals surface area (Å²) in [5.41, 5.74) is 16.5. The van der Waals surface area contributed by atoms with Gasteiger partial charge in [0.25, 0.3) is 0 Å². The van der Waals surface area contributed by atoms with Gasteiger partial charge in [-0.25, -0.2) is 9.97 Å². The number of hydrogen-bond acceptors (Lipinski definition) is 6. The highest BCUT2D eigenvalue weighted by atomic mass is 16.5. The molecule has 178 valence electrons. The monoisotopic (exact) mass is 458 g/mol. The fraction of sp³-hybridized carbons (Fsp3) is 0.429. The summed E-state index contributed by atoms with van der Waals surface area (Å²) >= 11 is 0. The number of rotatable bonds is 6. The van der Waals surface area contributed by atoms with Crippen molar-refractivity contribution in [2.75, 3.05) is 12.8 Å². The second-order valence-corrected chi connectivity index (χ2v) is 9.72. The first-order chi connectivity index (χ1) is 16.6. The van der Waals surface area contributed by atoms with Gasteiger partial charge in [0, 0.05) is 29.4 Å². The van der Waals surface area contributed by atoms with E-state index in [0.717, 1.165) is 61.2 Å². The molecule has 0 spiro atoms. The predicted octanol–water partition coefficient (Wildman–Crippen LogP) is 5.24. The Labute approximate surface area is 201 Å². The Kier molecular flexibility index (Phi) is 6.42. The van der Waals surface area contributed by atoms with Gasteiger partial charge in [-0.1, -0.05) is 30.3 Å². The van der Waals surface area contributed by atoms with E-state index >= 15 is 0 Å². The van der Waals surface area contributed by atoms with Crippen LogP contribution < -0.4 is 20.9 Å². The molecule has 6 nitrogen and oxygen atoms in total. The number of anilines is 1. The number of benzene rings is 2. The molecule has 2 aromatic carbocycles. The number of hydrogen-bond donors (Lipinski definition) is 2. The third-order valence-electron chi connectivity index (χ3n) is 7.64. The van der Waals surface area contributed by atoms with E-state index in [1.165, 1.54) is 24.0 Å². The third kappa shape index (κ3) is 4.47. The van der Waals surface area contributed by atoms with Crippen LogP contribution in [-0.2, 0) is 5.41 Å². The molecule has 5 rings (SSSR count). The van der Waals surface area contributed by atoms with Crippen molar-refractivity contribution in [2.24, 2.45) is 5.73 Å². The lowest BCUT2D eigenvalue weighted by atomic mass is 9.64. The number of nitrogen functional groups attached to an aromatic ring is 1. The van der Waals surface area contributed by atoms with E-state index in [0.29, 0.717) is 0 Å². The van der Waals surface area contributed by atoms with E-state index in [1.54, 1.807) is 19.5 Å². The number of nitrogens with zero attached hydrogens (tertiary/aromatic N) is 2. The highest BCUT2D eigenvalue weighted by Crippen LogP contribution is 2.47. The van der Waals surface area contributed by atoms with Crippen molar-refractivity contribution in [1.29, 1.82) is 0 Å². The highest BCUT2D eigenvalue weighted by molar-refractivity contribution is 5.63. The standard InChI is InChI=1S/C28H34N4O2/c1-33-25-11-10-22(16-26(25)34-24-4-2-3-5-24)28(14-12-23(29)13-15-28)21-8-6-19(7-9-21)20-17-31-27(30)32-18-20/h6-11,16-18,23-24H,2-5,12-15,29H2,1H3,(H2,30,31,32)/t23-,28-. The first-order valence-corrected chi connectivity index (χ1v) is 12.4. The van der Waals surface area contributed by atoms with E-state index in [-0.39, 0.29) is 23.5 Å². The van der Waals surface area contributed by atoms with Gasteiger partial charge in [0.2, 0.25) is 5.95 Å². The Bertz CT molecular complexity index is 1100. The molecule has 3 aromatic rings. The third-order valence-corrected chi connectivity index (χ3v) is 7.64. The smallest absolute Gasteiger partial charge is 0.219 e. The minimum atomic E-state index is -0.105. The molecule has 2 fully saturated rings. The Balaban J connectivity index is 1.51. The van der Waals surface area contributed by atoms with Gasteiger partial charge in [-0.05, 0) is 80.2 Å². The Morgan fingerprint density at radius 2 is 1.47 bits per heavy atom. The van der Waals surface area contributed by atoms with Crippen LogP contribution in [0, 0.1) is 0 Å². The van der Waals surface area contributed by atoms with Crippen LogP contribution in [0.15, 0.2) is 54.9 Å². The lowest BCUT2D eigenvalue weighted by Gasteiger charge is -2.41. The van der Waals surface area contributed by atoms with E-state index in [2.05, 4.69) is 52.4 Å². The van der Waals surface area contributed by atoms with E-state index in [9.17, 15) is 0 Å². The summed E-state index contributed by atoms with van der Waals surface area (Å²) in [7, 11) is 1.71. The van der Waals surface area contributed by atoms with Gasteiger partial charge in [0.05, 0.1) is 13.2 Å². The van der Waals surface area contributed by atoms with Crippen LogP contribution in [-0.4, -0.2) is 29.2 Å². The normalized spacial score (nSPS) is 23.1. The Morgan fingerprint density at radius 3 is 2.12 bits per heavy atom. The van der Waals surface area contributed by atoms with Crippen LogP contribution in [0.25, 0.3) is 11.1 Å². The minimum absolute atomic E-state index is 0.105. The molecule has 34 heavy (non-hydrogen) atoms. The molecule has 0 amide bonds. The summed E-state index contributed by atoms with van der Waals surface area (Å²) in [6.45, 7) is 0. The van der Waals surface area contributed by atoms with Crippen LogP contribution in [0.2, 0.25) is 0 Å². The first-order valence-electron chi connectivity index (χ1n) is 12.4. The van der Waals surface area contributed by atoms with Crippen LogP contribution in [0.4, 0.5) is 5.95 Å². The van der Waals surface area contributed by atoms with Crippen molar-refractivity contribution in [3.63, 3.8) is 0 Å². The molecule has 2 aliphatic rings. The van der Waals surface area contributed by atoms with Crippen molar-refractivity contribution in [3.8, 4) is 22.6 Å². The molecule has 0 radical (unpaired) electrons. The molecular formula is C28H34N4O2. The Hall–Kier alpha value is -3.12. The molecule has 0 unspecified atom stereocenters. The second kappa shape index (κ2) is 9.63. The summed E-state index contributed by atoms with van der Waals surface area (Å²) in [6, 6.07) is 15.5. The maximum Gasteiger partial charge on any atom is 0.219 e. The molecule has 0 saturated heterocycles. The van der Waals surface area contributed by atoms with Gasteiger partial charge in [0.1, 0.15) is 0 Å². The molecule has 4 N–H and O–H groups in total. The van der Waals surface area contributed by atoms with Crippen LogP contribution in [0.3, 0.4) is 0 Å². The zero-order valence-electron chi connectivity index (χ0n) is 19.9. The van der Waals surface area contributed by atoms with Crippen LogP contribution >= 0.6 is 0 Å².